The number of nitrogens with two attached hydrogens (primary N) is 1. The van der Waals surface area contributed by atoms with Crippen LogP contribution in [0.1, 0.15) is 38.1 Å². The Labute approximate surface area is 124 Å². The number of nitrogens with one attached hydrogen (secondary N) is 2. The molecule has 1 heterocycles. The second kappa shape index (κ2) is 7.10. The number of hydrogen-bond acceptors (Lipinski definition) is 7. The van der Waals surface area contributed by atoms with E-state index < -0.39 is 5.60 Å². The second-order valence-electron chi connectivity index (χ2n) is 5.49. The van der Waals surface area contributed by atoms with Gasteiger partial charge in [0.1, 0.15) is 17.5 Å². The first-order valence-corrected chi connectivity index (χ1v) is 8.00. The summed E-state index contributed by atoms with van der Waals surface area (Å²) in [6.07, 6.45) is 1.97. The van der Waals surface area contributed by atoms with Crippen LogP contribution in [0.5, 0.6) is 0 Å². The molecule has 0 spiro atoms. The molecule has 0 fully saturated rings. The third-order valence-electron chi connectivity index (χ3n) is 2.91. The quantitative estimate of drug-likeness (QED) is 0.449. The molecule has 0 aliphatic carbocycles. The van der Waals surface area contributed by atoms with Gasteiger partial charge in [-0.15, -0.1) is 0 Å². The van der Waals surface area contributed by atoms with Crippen LogP contribution in [0.15, 0.2) is 0 Å². The van der Waals surface area contributed by atoms with Crippen molar-refractivity contribution < 1.29 is 5.11 Å². The topological polar surface area (TPSA) is 96.1 Å². The van der Waals surface area contributed by atoms with E-state index in [0.717, 1.165) is 11.4 Å². The molecule has 1 aromatic heterocycles. The smallest absolute Gasteiger partial charge is 0.148 e. The van der Waals surface area contributed by atoms with Gasteiger partial charge in [0, 0.05) is 23.8 Å². The summed E-state index contributed by atoms with van der Waals surface area (Å²) in [7, 11) is 0. The molecule has 0 amide bonds. The fourth-order valence-corrected chi connectivity index (χ4v) is 2.46. The van der Waals surface area contributed by atoms with Gasteiger partial charge in [-0.1, -0.05) is 13.8 Å². The number of rotatable bonds is 7. The molecule has 7 heteroatoms. The highest BCUT2D eigenvalue weighted by molar-refractivity contribution is 7.98. The van der Waals surface area contributed by atoms with Crippen LogP contribution in [0, 0.1) is 6.92 Å². The number of aliphatic hydroxyl groups is 1. The average Bonchev–Trinajstić information content (AvgIpc) is 2.37. The van der Waals surface area contributed by atoms with Crippen molar-refractivity contribution in [1.29, 1.82) is 0 Å². The Bertz CT molecular complexity index is 451. The van der Waals surface area contributed by atoms with E-state index in [2.05, 4.69) is 20.7 Å². The molecule has 1 rings (SSSR count). The van der Waals surface area contributed by atoms with E-state index >= 15 is 0 Å². The number of hydrazine groups is 1. The SMILES string of the molecule is CSCC(C)(O)CNc1nc(C(C)C)nc(NN)c1C. The van der Waals surface area contributed by atoms with Crippen molar-refractivity contribution in [3.63, 3.8) is 0 Å². The molecule has 1 unspecified atom stereocenters. The van der Waals surface area contributed by atoms with Crippen molar-refractivity contribution >= 4 is 23.4 Å². The number of thioether (sulfide) groups is 1. The molecule has 0 bridgehead atoms. The fraction of sp³-hybridized carbons (Fsp3) is 0.692. The second-order valence-corrected chi connectivity index (χ2v) is 6.35. The van der Waals surface area contributed by atoms with Crippen molar-refractivity contribution in [2.24, 2.45) is 5.84 Å². The predicted octanol–water partition coefficient (Wildman–Crippen LogP) is 1.72. The maximum absolute atomic E-state index is 10.2. The van der Waals surface area contributed by atoms with Crippen molar-refractivity contribution in [3.8, 4) is 0 Å². The highest BCUT2D eigenvalue weighted by atomic mass is 32.2. The first kappa shape index (κ1) is 17.0. The van der Waals surface area contributed by atoms with Crippen LogP contribution in [0.3, 0.4) is 0 Å². The molecule has 1 atom stereocenters. The van der Waals surface area contributed by atoms with Gasteiger partial charge in [-0.2, -0.15) is 11.8 Å². The van der Waals surface area contributed by atoms with Gasteiger partial charge < -0.3 is 15.8 Å². The summed E-state index contributed by atoms with van der Waals surface area (Å²) in [5, 5.41) is 13.4. The molecule has 5 N–H and O–H groups in total. The van der Waals surface area contributed by atoms with Crippen LogP contribution < -0.4 is 16.6 Å². The number of nitrogens with zero attached hydrogens (tertiary/aromatic N) is 2. The molecular weight excluding hydrogens is 274 g/mol. The Morgan fingerprint density at radius 1 is 1.35 bits per heavy atom. The molecule has 0 saturated heterocycles. The largest absolute Gasteiger partial charge is 0.387 e. The lowest BCUT2D eigenvalue weighted by molar-refractivity contribution is 0.0996. The highest BCUT2D eigenvalue weighted by Crippen LogP contribution is 2.23. The zero-order valence-electron chi connectivity index (χ0n) is 12.8. The van der Waals surface area contributed by atoms with E-state index in [-0.39, 0.29) is 5.92 Å². The summed E-state index contributed by atoms with van der Waals surface area (Å²) in [6, 6.07) is 0. The highest BCUT2D eigenvalue weighted by Gasteiger charge is 2.21. The predicted molar refractivity (Wildman–Crippen MR) is 86.2 cm³/mol. The first-order valence-electron chi connectivity index (χ1n) is 6.61. The number of nitrogen functional groups attached to an aromatic ring is 1. The molecule has 0 aliphatic rings. The number of anilines is 2. The van der Waals surface area contributed by atoms with Crippen LogP contribution in [0.25, 0.3) is 0 Å². The van der Waals surface area contributed by atoms with E-state index in [1.54, 1.807) is 18.7 Å². The van der Waals surface area contributed by atoms with Crippen LogP contribution in [-0.4, -0.2) is 39.2 Å². The third-order valence-corrected chi connectivity index (χ3v) is 3.82. The Morgan fingerprint density at radius 2 is 1.95 bits per heavy atom. The summed E-state index contributed by atoms with van der Waals surface area (Å²) in [6.45, 7) is 8.17. The molecule has 0 radical (unpaired) electrons. The average molecular weight is 299 g/mol. The van der Waals surface area contributed by atoms with E-state index in [1.165, 1.54) is 0 Å². The maximum Gasteiger partial charge on any atom is 0.148 e. The number of aromatic nitrogens is 2. The van der Waals surface area contributed by atoms with E-state index in [4.69, 9.17) is 5.84 Å². The summed E-state index contributed by atoms with van der Waals surface area (Å²) < 4.78 is 0. The van der Waals surface area contributed by atoms with Gasteiger partial charge in [-0.25, -0.2) is 15.8 Å². The van der Waals surface area contributed by atoms with Crippen LogP contribution in [0.2, 0.25) is 0 Å². The minimum Gasteiger partial charge on any atom is -0.387 e. The van der Waals surface area contributed by atoms with Gasteiger partial charge in [-0.05, 0) is 20.1 Å². The fourth-order valence-electron chi connectivity index (χ4n) is 1.74. The zero-order valence-corrected chi connectivity index (χ0v) is 13.6. The van der Waals surface area contributed by atoms with Gasteiger partial charge in [0.15, 0.2) is 0 Å². The number of hydrogen-bond donors (Lipinski definition) is 4. The summed E-state index contributed by atoms with van der Waals surface area (Å²) >= 11 is 1.61. The summed E-state index contributed by atoms with van der Waals surface area (Å²) in [4.78, 5) is 8.89. The Morgan fingerprint density at radius 3 is 2.45 bits per heavy atom. The van der Waals surface area contributed by atoms with E-state index in [1.807, 2.05) is 27.0 Å². The lowest BCUT2D eigenvalue weighted by Crippen LogP contribution is -2.36. The first-order chi connectivity index (χ1) is 9.30. The van der Waals surface area contributed by atoms with Crippen LogP contribution in [0.4, 0.5) is 11.6 Å². The standard InChI is InChI=1S/C13H25N5OS/c1-8(2)10-16-11(9(3)12(17-10)18-14)15-6-13(4,19)7-20-5/h8,19H,6-7,14H2,1-5H3,(H2,15,16,17,18). The Kier molecular flexibility index (Phi) is 6.04. The van der Waals surface area contributed by atoms with Crippen molar-refractivity contribution in [1.82, 2.24) is 9.97 Å². The van der Waals surface area contributed by atoms with E-state index in [0.29, 0.717) is 23.9 Å². The van der Waals surface area contributed by atoms with Gasteiger partial charge in [0.2, 0.25) is 0 Å². The van der Waals surface area contributed by atoms with Crippen molar-refractivity contribution in [2.75, 3.05) is 29.3 Å². The Hall–Kier alpha value is -1.05. The monoisotopic (exact) mass is 299 g/mol. The molecule has 114 valence electrons. The third kappa shape index (κ3) is 4.50. The molecule has 1 aromatic rings. The minimum atomic E-state index is -0.787. The van der Waals surface area contributed by atoms with Crippen LogP contribution in [-0.2, 0) is 0 Å². The normalized spacial score (nSPS) is 14.2. The van der Waals surface area contributed by atoms with Crippen molar-refractivity contribution in [3.05, 3.63) is 11.4 Å². The Balaban J connectivity index is 2.96. The van der Waals surface area contributed by atoms with Crippen molar-refractivity contribution in [2.45, 2.75) is 39.2 Å². The van der Waals surface area contributed by atoms with Crippen LogP contribution >= 0.6 is 11.8 Å². The zero-order chi connectivity index (χ0) is 15.3. The molecular formula is C13H25N5OS. The maximum atomic E-state index is 10.2. The van der Waals surface area contributed by atoms with Gasteiger partial charge in [-0.3, -0.25) is 0 Å². The van der Waals surface area contributed by atoms with Gasteiger partial charge >= 0.3 is 0 Å². The molecule has 0 aliphatic heterocycles. The lowest BCUT2D eigenvalue weighted by atomic mass is 10.1. The summed E-state index contributed by atoms with van der Waals surface area (Å²) in [5.41, 5.74) is 2.65. The molecule has 6 nitrogen and oxygen atoms in total. The van der Waals surface area contributed by atoms with Gasteiger partial charge in [0.25, 0.3) is 0 Å². The lowest BCUT2D eigenvalue weighted by Gasteiger charge is -2.24. The molecule has 0 aromatic carbocycles. The summed E-state index contributed by atoms with van der Waals surface area (Å²) in [5.74, 6) is 8.39. The molecule has 0 saturated carbocycles. The van der Waals surface area contributed by atoms with Gasteiger partial charge in [0.05, 0.1) is 5.60 Å². The molecule has 20 heavy (non-hydrogen) atoms. The van der Waals surface area contributed by atoms with E-state index in [9.17, 15) is 5.11 Å². The minimum absolute atomic E-state index is 0.204.